The van der Waals surface area contributed by atoms with E-state index in [2.05, 4.69) is 216 Å². The lowest BCUT2D eigenvalue weighted by Gasteiger charge is -2.23. The lowest BCUT2D eigenvalue weighted by molar-refractivity contribution is 0.661. The average molecular weight is 792 g/mol. The van der Waals surface area contributed by atoms with Gasteiger partial charge >= 0.3 is 0 Å². The van der Waals surface area contributed by atoms with Crippen LogP contribution >= 0.6 is 0 Å². The van der Waals surface area contributed by atoms with Gasteiger partial charge in [-0.15, -0.1) is 0 Å². The van der Waals surface area contributed by atoms with Gasteiger partial charge in [-0.1, -0.05) is 117 Å². The Balaban J connectivity index is 0.907. The Kier molecular flexibility index (Phi) is 8.20. The predicted octanol–water partition coefficient (Wildman–Crippen LogP) is 15.4. The van der Waals surface area contributed by atoms with Gasteiger partial charge in [0.25, 0.3) is 0 Å². The summed E-state index contributed by atoms with van der Waals surface area (Å²) in [6.07, 6.45) is 7.45. The van der Waals surface area contributed by atoms with Crippen LogP contribution in [-0.2, 0) is 5.41 Å². The highest BCUT2D eigenvalue weighted by Crippen LogP contribution is 2.51. The zero-order valence-electron chi connectivity index (χ0n) is 34.5. The summed E-state index contributed by atoms with van der Waals surface area (Å²) in [7, 11) is 0. The van der Waals surface area contributed by atoms with Crippen LogP contribution in [0.3, 0.4) is 0 Å². The standard InChI is InChI=1S/C59H41N3/c1-59(2)54-36-44(17-20-50(54)51-21-18-45(37-55(51)59)48-33-46(38-23-27-60-28-24-38)32-47(34-48)39-25-29-61-30-26-39)42-12-7-11-41(31-42)43-19-22-58-53(35-43)52-14-5-6-15-57(52)62(58)56-16-8-10-40-9-3-4-13-49(40)56/h3-37H,1-2H3. The summed E-state index contributed by atoms with van der Waals surface area (Å²) in [5, 5.41) is 5.00. The van der Waals surface area contributed by atoms with Gasteiger partial charge in [0.15, 0.2) is 0 Å². The van der Waals surface area contributed by atoms with E-state index in [1.807, 2.05) is 24.8 Å². The van der Waals surface area contributed by atoms with E-state index < -0.39 is 0 Å². The van der Waals surface area contributed by atoms with Crippen LogP contribution in [0.25, 0.3) is 105 Å². The molecule has 8 aromatic carbocycles. The molecule has 1 aliphatic rings. The van der Waals surface area contributed by atoms with Gasteiger partial charge in [0.05, 0.1) is 16.7 Å². The van der Waals surface area contributed by atoms with E-state index in [1.54, 1.807) is 0 Å². The summed E-state index contributed by atoms with van der Waals surface area (Å²) in [5.74, 6) is 0. The zero-order chi connectivity index (χ0) is 41.4. The fourth-order valence-electron chi connectivity index (χ4n) is 10.0. The molecule has 0 aliphatic heterocycles. The number of pyridine rings is 2. The smallest absolute Gasteiger partial charge is 0.0541 e. The molecule has 11 aromatic rings. The van der Waals surface area contributed by atoms with Gasteiger partial charge in [-0.2, -0.15) is 0 Å². The van der Waals surface area contributed by atoms with Crippen LogP contribution < -0.4 is 0 Å². The highest BCUT2D eigenvalue weighted by atomic mass is 15.0. The molecule has 0 saturated heterocycles. The van der Waals surface area contributed by atoms with Gasteiger partial charge in [-0.05, 0) is 168 Å². The molecule has 0 atom stereocenters. The first-order valence-electron chi connectivity index (χ1n) is 21.4. The number of fused-ring (bicyclic) bond motifs is 7. The Hall–Kier alpha value is -7.88. The molecule has 62 heavy (non-hydrogen) atoms. The van der Waals surface area contributed by atoms with Crippen molar-refractivity contribution in [3.63, 3.8) is 0 Å². The van der Waals surface area contributed by atoms with Gasteiger partial charge in [0.2, 0.25) is 0 Å². The Morgan fingerprint density at radius 1 is 0.339 bits per heavy atom. The van der Waals surface area contributed by atoms with E-state index in [0.29, 0.717) is 0 Å². The van der Waals surface area contributed by atoms with Gasteiger partial charge < -0.3 is 4.57 Å². The van der Waals surface area contributed by atoms with Crippen molar-refractivity contribution in [2.24, 2.45) is 0 Å². The second kappa shape index (κ2) is 14.1. The molecule has 0 saturated carbocycles. The highest BCUT2D eigenvalue weighted by molar-refractivity contribution is 6.11. The molecular weight excluding hydrogens is 751 g/mol. The molecule has 12 rings (SSSR count). The van der Waals surface area contributed by atoms with Gasteiger partial charge in [0, 0.05) is 46.4 Å². The number of aromatic nitrogens is 3. The summed E-state index contributed by atoms with van der Waals surface area (Å²) in [5.41, 5.74) is 20.7. The van der Waals surface area contributed by atoms with Crippen LogP contribution in [0.2, 0.25) is 0 Å². The maximum Gasteiger partial charge on any atom is 0.0541 e. The fourth-order valence-corrected chi connectivity index (χ4v) is 10.0. The highest BCUT2D eigenvalue weighted by Gasteiger charge is 2.36. The summed E-state index contributed by atoms with van der Waals surface area (Å²) < 4.78 is 2.43. The summed E-state index contributed by atoms with van der Waals surface area (Å²) in [4.78, 5) is 8.55. The van der Waals surface area contributed by atoms with Crippen LogP contribution in [0.1, 0.15) is 25.0 Å². The van der Waals surface area contributed by atoms with Crippen LogP contribution in [0.15, 0.2) is 213 Å². The Morgan fingerprint density at radius 3 is 1.47 bits per heavy atom. The number of hydrogen-bond donors (Lipinski definition) is 0. The molecule has 0 amide bonds. The minimum Gasteiger partial charge on any atom is -0.309 e. The molecule has 0 N–H and O–H groups in total. The number of rotatable bonds is 6. The van der Waals surface area contributed by atoms with Crippen molar-refractivity contribution in [1.29, 1.82) is 0 Å². The molecule has 0 unspecified atom stereocenters. The molecule has 0 radical (unpaired) electrons. The van der Waals surface area contributed by atoms with Crippen molar-refractivity contribution < 1.29 is 0 Å². The molecule has 0 spiro atoms. The minimum atomic E-state index is -0.186. The SMILES string of the molecule is CC1(C)c2cc(-c3cccc(-c4ccc5c(c4)c4ccccc4n5-c4cccc5ccccc45)c3)ccc2-c2ccc(-c3cc(-c4ccncc4)cc(-c4ccncc4)c3)cc21. The van der Waals surface area contributed by atoms with Gasteiger partial charge in [0.1, 0.15) is 0 Å². The molecule has 3 aromatic heterocycles. The molecule has 3 heterocycles. The Morgan fingerprint density at radius 2 is 0.806 bits per heavy atom. The van der Waals surface area contributed by atoms with Crippen LogP contribution in [0, 0.1) is 0 Å². The van der Waals surface area contributed by atoms with Crippen molar-refractivity contribution in [1.82, 2.24) is 14.5 Å². The maximum absolute atomic E-state index is 4.28. The third-order valence-corrected chi connectivity index (χ3v) is 13.2. The normalized spacial score (nSPS) is 12.8. The molecule has 0 fully saturated rings. The maximum atomic E-state index is 4.28. The quantitative estimate of drug-likeness (QED) is 0.168. The van der Waals surface area contributed by atoms with Gasteiger partial charge in [-0.25, -0.2) is 0 Å². The summed E-state index contributed by atoms with van der Waals surface area (Å²) >= 11 is 0. The third kappa shape index (κ3) is 5.81. The number of nitrogens with zero attached hydrogens (tertiary/aromatic N) is 3. The second-order valence-corrected chi connectivity index (χ2v) is 17.1. The number of para-hydroxylation sites is 1. The van der Waals surface area contributed by atoms with E-state index in [0.717, 1.165) is 11.1 Å². The first-order valence-corrected chi connectivity index (χ1v) is 21.4. The Bertz CT molecular complexity index is 3480. The first kappa shape index (κ1) is 36.0. The number of hydrogen-bond acceptors (Lipinski definition) is 2. The molecule has 3 nitrogen and oxygen atoms in total. The van der Waals surface area contributed by atoms with Crippen molar-refractivity contribution >= 4 is 32.6 Å². The molecule has 3 heteroatoms. The van der Waals surface area contributed by atoms with Crippen molar-refractivity contribution in [3.8, 4) is 72.4 Å². The van der Waals surface area contributed by atoms with E-state index in [9.17, 15) is 0 Å². The van der Waals surface area contributed by atoms with Crippen molar-refractivity contribution in [2.45, 2.75) is 19.3 Å². The molecular formula is C59H41N3. The van der Waals surface area contributed by atoms with Gasteiger partial charge in [-0.3, -0.25) is 9.97 Å². The summed E-state index contributed by atoms with van der Waals surface area (Å²) in [6, 6.07) is 69.4. The van der Waals surface area contributed by atoms with E-state index in [4.69, 9.17) is 0 Å². The zero-order valence-corrected chi connectivity index (χ0v) is 34.5. The first-order chi connectivity index (χ1) is 30.5. The van der Waals surface area contributed by atoms with E-state index in [1.165, 1.54) is 105 Å². The van der Waals surface area contributed by atoms with Crippen LogP contribution in [0.4, 0.5) is 0 Å². The largest absolute Gasteiger partial charge is 0.309 e. The van der Waals surface area contributed by atoms with Crippen molar-refractivity contribution in [3.05, 3.63) is 224 Å². The van der Waals surface area contributed by atoms with E-state index >= 15 is 0 Å². The Labute approximate surface area is 361 Å². The molecule has 292 valence electrons. The minimum absolute atomic E-state index is 0.186. The van der Waals surface area contributed by atoms with Crippen LogP contribution in [-0.4, -0.2) is 14.5 Å². The monoisotopic (exact) mass is 791 g/mol. The van der Waals surface area contributed by atoms with Crippen molar-refractivity contribution in [2.75, 3.05) is 0 Å². The number of benzene rings is 8. The van der Waals surface area contributed by atoms with Crippen LogP contribution in [0.5, 0.6) is 0 Å². The second-order valence-electron chi connectivity index (χ2n) is 17.1. The summed E-state index contributed by atoms with van der Waals surface area (Å²) in [6.45, 7) is 4.75. The molecule has 0 bridgehead atoms. The lowest BCUT2D eigenvalue weighted by Crippen LogP contribution is -2.15. The third-order valence-electron chi connectivity index (χ3n) is 13.2. The average Bonchev–Trinajstić information content (AvgIpc) is 3.78. The fraction of sp³-hybridized carbons (Fsp3) is 0.0508. The topological polar surface area (TPSA) is 30.7 Å². The molecule has 1 aliphatic carbocycles. The predicted molar refractivity (Wildman–Crippen MR) is 259 cm³/mol. The van der Waals surface area contributed by atoms with E-state index in [-0.39, 0.29) is 5.41 Å². The lowest BCUT2D eigenvalue weighted by atomic mass is 9.80.